The lowest BCUT2D eigenvalue weighted by Crippen LogP contribution is -2.30. The van der Waals surface area contributed by atoms with Gasteiger partial charge in [-0.05, 0) is 74.9 Å². The van der Waals surface area contributed by atoms with Gasteiger partial charge in [0.05, 0.1) is 17.6 Å². The number of imidazole rings is 1. The van der Waals surface area contributed by atoms with Gasteiger partial charge in [0.25, 0.3) is 5.56 Å². The van der Waals surface area contributed by atoms with Crippen LogP contribution in [-0.4, -0.2) is 44.2 Å². The number of fused-ring (bicyclic) bond motifs is 1. The summed E-state index contributed by atoms with van der Waals surface area (Å²) in [6.07, 6.45) is 8.02. The molecule has 0 bridgehead atoms. The number of pyridine rings is 1. The number of nitrogens with zero attached hydrogens (tertiary/aromatic N) is 3. The molecule has 4 aromatic rings. The molecule has 274 valence electrons. The van der Waals surface area contributed by atoms with Crippen molar-refractivity contribution in [2.24, 2.45) is 17.4 Å². The number of amides is 3. The van der Waals surface area contributed by atoms with E-state index in [0.29, 0.717) is 29.2 Å². The van der Waals surface area contributed by atoms with Gasteiger partial charge in [-0.1, -0.05) is 82.2 Å². The topological polar surface area (TPSA) is 191 Å². The van der Waals surface area contributed by atoms with E-state index < -0.39 is 17.8 Å². The fourth-order valence-corrected chi connectivity index (χ4v) is 4.66. The predicted molar refractivity (Wildman–Crippen MR) is 198 cm³/mol. The van der Waals surface area contributed by atoms with E-state index in [1.165, 1.54) is 21.3 Å². The van der Waals surface area contributed by atoms with Crippen LogP contribution in [0.4, 0.5) is 15.3 Å². The second kappa shape index (κ2) is 20.7. The van der Waals surface area contributed by atoms with E-state index in [4.69, 9.17) is 21.2 Å². The van der Waals surface area contributed by atoms with Crippen LogP contribution in [0.1, 0.15) is 77.8 Å². The van der Waals surface area contributed by atoms with Crippen molar-refractivity contribution in [3.8, 4) is 0 Å². The van der Waals surface area contributed by atoms with Gasteiger partial charge in [0, 0.05) is 6.20 Å². The van der Waals surface area contributed by atoms with Gasteiger partial charge in [-0.3, -0.25) is 14.4 Å². The molecule has 0 aliphatic carbocycles. The smallest absolute Gasteiger partial charge is 0.420 e. The van der Waals surface area contributed by atoms with Crippen LogP contribution in [0.2, 0.25) is 0 Å². The molecule has 2 heterocycles. The Morgan fingerprint density at radius 1 is 1.00 bits per heavy atom. The molecule has 0 fully saturated rings. The molecule has 13 nitrogen and oxygen atoms in total. The van der Waals surface area contributed by atoms with Crippen molar-refractivity contribution < 1.29 is 28.7 Å². The lowest BCUT2D eigenvalue weighted by atomic mass is 10.0. The fraction of sp³-hybridized carbons (Fsp3) is 0.368. The summed E-state index contributed by atoms with van der Waals surface area (Å²) in [4.78, 5) is 61.6. The fourth-order valence-electron chi connectivity index (χ4n) is 4.66. The number of benzene rings is 2. The SMILES string of the molecule is CC(C)Cc1cccc2c1nc(Cn1cccc(NC=O)c1=O)n2C(=O)OC(C)(C)C.CCCC/C=C/C(N)=O.NC(=O)OCc1ccccc1. The maximum Gasteiger partial charge on any atom is 0.420 e. The molecule has 2 aromatic heterocycles. The first-order valence-electron chi connectivity index (χ1n) is 16.7. The largest absolute Gasteiger partial charge is 0.445 e. The van der Waals surface area contributed by atoms with Gasteiger partial charge in [0.2, 0.25) is 12.3 Å². The van der Waals surface area contributed by atoms with Crippen LogP contribution < -0.4 is 22.3 Å². The van der Waals surface area contributed by atoms with Crippen LogP contribution in [0.15, 0.2) is 83.8 Å². The molecular formula is C38H50N6O7. The number of para-hydroxylation sites is 1. The van der Waals surface area contributed by atoms with Crippen LogP contribution in [0, 0.1) is 5.92 Å². The first-order chi connectivity index (χ1) is 24.2. The highest BCUT2D eigenvalue weighted by Gasteiger charge is 2.24. The Morgan fingerprint density at radius 2 is 1.71 bits per heavy atom. The monoisotopic (exact) mass is 702 g/mol. The van der Waals surface area contributed by atoms with Crippen LogP contribution in [-0.2, 0) is 38.6 Å². The summed E-state index contributed by atoms with van der Waals surface area (Å²) in [6, 6.07) is 18.3. The van der Waals surface area contributed by atoms with Gasteiger partial charge in [0.1, 0.15) is 23.7 Å². The molecule has 0 saturated heterocycles. The van der Waals surface area contributed by atoms with Crippen LogP contribution in [0.3, 0.4) is 0 Å². The predicted octanol–water partition coefficient (Wildman–Crippen LogP) is 6.30. The summed E-state index contributed by atoms with van der Waals surface area (Å²) in [7, 11) is 0. The molecule has 0 radical (unpaired) electrons. The van der Waals surface area contributed by atoms with E-state index >= 15 is 0 Å². The molecule has 0 aliphatic heterocycles. The van der Waals surface area contributed by atoms with Crippen molar-refractivity contribution in [3.63, 3.8) is 0 Å². The van der Waals surface area contributed by atoms with Crippen molar-refractivity contribution in [1.29, 1.82) is 0 Å². The maximum atomic E-state index is 13.1. The van der Waals surface area contributed by atoms with Gasteiger partial charge in [0.15, 0.2) is 0 Å². The highest BCUT2D eigenvalue weighted by atomic mass is 16.6. The highest BCUT2D eigenvalue weighted by molar-refractivity contribution is 5.89. The van der Waals surface area contributed by atoms with Gasteiger partial charge in [-0.25, -0.2) is 19.1 Å². The summed E-state index contributed by atoms with van der Waals surface area (Å²) in [5.41, 5.74) is 12.0. The zero-order chi connectivity index (χ0) is 38.0. The van der Waals surface area contributed by atoms with Gasteiger partial charge in [-0.2, -0.15) is 0 Å². The average Bonchev–Trinajstić information content (AvgIpc) is 3.43. The molecule has 5 N–H and O–H groups in total. The molecule has 4 rings (SSSR count). The highest BCUT2D eigenvalue weighted by Crippen LogP contribution is 2.24. The number of allylic oxidation sites excluding steroid dienone is 1. The third-order valence-corrected chi connectivity index (χ3v) is 6.82. The quantitative estimate of drug-likeness (QED) is 0.0871. The Hall–Kier alpha value is -5.72. The third kappa shape index (κ3) is 14.7. The molecule has 0 atom stereocenters. The second-order valence-corrected chi connectivity index (χ2v) is 12.9. The number of rotatable bonds is 12. The minimum absolute atomic E-state index is 0.0439. The number of anilines is 1. The Morgan fingerprint density at radius 3 is 2.29 bits per heavy atom. The van der Waals surface area contributed by atoms with E-state index in [2.05, 4.69) is 30.8 Å². The Labute approximate surface area is 298 Å². The van der Waals surface area contributed by atoms with Gasteiger partial charge in [-0.15, -0.1) is 0 Å². The zero-order valence-corrected chi connectivity index (χ0v) is 30.3. The molecule has 0 unspecified atom stereocenters. The molecule has 0 aliphatic rings. The average molecular weight is 703 g/mol. The molecule has 0 saturated carbocycles. The minimum Gasteiger partial charge on any atom is -0.445 e. The summed E-state index contributed by atoms with van der Waals surface area (Å²) in [5.74, 6) is 0.436. The van der Waals surface area contributed by atoms with E-state index in [0.717, 1.165) is 36.8 Å². The number of carbonyl (C=O) groups is 4. The summed E-state index contributed by atoms with van der Waals surface area (Å²) in [6.45, 7) is 12.0. The van der Waals surface area contributed by atoms with Gasteiger partial charge >= 0.3 is 12.2 Å². The van der Waals surface area contributed by atoms with E-state index in [9.17, 15) is 24.0 Å². The molecule has 2 aromatic carbocycles. The van der Waals surface area contributed by atoms with Gasteiger partial charge < -0.3 is 30.8 Å². The normalized spacial score (nSPS) is 10.9. The standard InChI is InChI=1S/C23H28N4O4.C8H9NO2.C7H13NO/c1-15(2)12-16-8-6-10-18-20(16)25-19(27(18)22(30)31-23(3,4)5)13-26-11-7-9-17(21(26)29)24-14-28;9-8(10)11-6-7-4-2-1-3-5-7;1-2-3-4-5-6-7(8)9/h6-11,14-15H,12-13H2,1-5H3,(H,24,28);1-5H,6H2,(H2,9,10);5-6H,2-4H2,1H3,(H2,8,9)/b;;6-5+. The van der Waals surface area contributed by atoms with Crippen LogP contribution >= 0.6 is 0 Å². The van der Waals surface area contributed by atoms with Crippen molar-refractivity contribution in [1.82, 2.24) is 14.1 Å². The summed E-state index contributed by atoms with van der Waals surface area (Å²) in [5, 5.41) is 2.39. The molecular weight excluding hydrogens is 652 g/mol. The van der Waals surface area contributed by atoms with Crippen molar-refractivity contribution in [2.45, 2.75) is 86.0 Å². The molecule has 51 heavy (non-hydrogen) atoms. The third-order valence-electron chi connectivity index (χ3n) is 6.82. The number of hydrogen-bond donors (Lipinski definition) is 3. The zero-order valence-electron chi connectivity index (χ0n) is 30.3. The molecule has 3 amide bonds. The Balaban J connectivity index is 0.000000367. The molecule has 0 spiro atoms. The Kier molecular flexibility index (Phi) is 16.8. The number of nitrogens with two attached hydrogens (primary N) is 2. The number of carbonyl (C=O) groups excluding carboxylic acids is 4. The van der Waals surface area contributed by atoms with Crippen molar-refractivity contribution >= 4 is 41.2 Å². The van der Waals surface area contributed by atoms with Crippen molar-refractivity contribution in [2.75, 3.05) is 5.32 Å². The number of unbranched alkanes of at least 4 members (excludes halogenated alkanes) is 2. The number of nitrogens with one attached hydrogen (secondary N) is 1. The summed E-state index contributed by atoms with van der Waals surface area (Å²) < 4.78 is 13.0. The van der Waals surface area contributed by atoms with Crippen LogP contribution in [0.25, 0.3) is 11.0 Å². The van der Waals surface area contributed by atoms with E-state index in [1.807, 2.05) is 54.6 Å². The lowest BCUT2D eigenvalue weighted by Gasteiger charge is -2.20. The molecule has 13 heteroatoms. The van der Waals surface area contributed by atoms with Crippen molar-refractivity contribution in [3.05, 3.63) is 106 Å². The number of primary amides is 2. The van der Waals surface area contributed by atoms with Crippen LogP contribution in [0.5, 0.6) is 0 Å². The first kappa shape index (κ1) is 41.5. The number of ether oxygens (including phenoxy) is 2. The van der Waals surface area contributed by atoms with E-state index in [-0.39, 0.29) is 30.3 Å². The Bertz CT molecular complexity index is 1820. The maximum absolute atomic E-state index is 13.1. The minimum atomic E-state index is -0.742. The first-order valence-corrected chi connectivity index (χ1v) is 16.7. The second-order valence-electron chi connectivity index (χ2n) is 12.9. The van der Waals surface area contributed by atoms with E-state index in [1.54, 1.807) is 33.0 Å². The number of hydrogen-bond acceptors (Lipinski definition) is 8. The lowest BCUT2D eigenvalue weighted by molar-refractivity contribution is -0.113. The number of aromatic nitrogens is 3. The summed E-state index contributed by atoms with van der Waals surface area (Å²) >= 11 is 0.